The van der Waals surface area contributed by atoms with Crippen molar-refractivity contribution in [2.75, 3.05) is 0 Å². The van der Waals surface area contributed by atoms with Crippen LogP contribution in [0.15, 0.2) is 27.4 Å². The van der Waals surface area contributed by atoms with E-state index in [1.165, 1.54) is 16.3 Å². The van der Waals surface area contributed by atoms with Gasteiger partial charge in [-0.1, -0.05) is 24.8 Å². The van der Waals surface area contributed by atoms with Gasteiger partial charge < -0.3 is 4.57 Å². The van der Waals surface area contributed by atoms with Crippen LogP contribution >= 0.6 is 11.8 Å². The second-order valence-electron chi connectivity index (χ2n) is 4.60. The minimum Gasteiger partial charge on any atom is -0.313 e. The average Bonchev–Trinajstić information content (AvgIpc) is 2.76. The first-order valence-electron chi connectivity index (χ1n) is 6.48. The Bertz CT molecular complexity index is 756. The summed E-state index contributed by atoms with van der Waals surface area (Å²) in [6.07, 6.45) is 2.70. The Hall–Kier alpha value is -1.76. The average molecular weight is 294 g/mol. The number of aromatic nitrogens is 4. The predicted molar refractivity (Wildman–Crippen MR) is 81.4 cm³/mol. The molecule has 2 rings (SSSR count). The van der Waals surface area contributed by atoms with E-state index in [9.17, 15) is 9.59 Å². The first-order valence-corrected chi connectivity index (χ1v) is 7.36. The molecule has 1 atom stereocenters. The van der Waals surface area contributed by atoms with Gasteiger partial charge in [0.25, 0.3) is 5.56 Å². The van der Waals surface area contributed by atoms with E-state index in [0.717, 1.165) is 11.6 Å². The van der Waals surface area contributed by atoms with Gasteiger partial charge in [0.1, 0.15) is 0 Å². The summed E-state index contributed by atoms with van der Waals surface area (Å²) < 4.78 is 3.24. The Morgan fingerprint density at radius 2 is 2.20 bits per heavy atom. The first-order chi connectivity index (χ1) is 9.49. The van der Waals surface area contributed by atoms with Crippen LogP contribution in [0.2, 0.25) is 0 Å². The summed E-state index contributed by atoms with van der Waals surface area (Å²) in [7, 11) is 1.61. The SMILES string of the molecule is C=C[C@H](C)Sc1nc2c(c(=O)[nH]c(=O)n2C)n1CCC. The maximum Gasteiger partial charge on any atom is 0.329 e. The number of hydrogen-bond donors (Lipinski definition) is 1. The van der Waals surface area contributed by atoms with E-state index in [4.69, 9.17) is 0 Å². The van der Waals surface area contributed by atoms with Crippen LogP contribution in [0.1, 0.15) is 20.3 Å². The van der Waals surface area contributed by atoms with Crippen molar-refractivity contribution in [2.24, 2.45) is 7.05 Å². The Kier molecular flexibility index (Phi) is 4.17. The zero-order valence-corrected chi connectivity index (χ0v) is 12.7. The monoisotopic (exact) mass is 294 g/mol. The van der Waals surface area contributed by atoms with Gasteiger partial charge in [-0.05, 0) is 13.3 Å². The quantitative estimate of drug-likeness (QED) is 0.670. The Labute approximate surface area is 120 Å². The van der Waals surface area contributed by atoms with E-state index in [-0.39, 0.29) is 10.8 Å². The number of aryl methyl sites for hydroxylation is 2. The van der Waals surface area contributed by atoms with Crippen molar-refractivity contribution in [1.82, 2.24) is 19.1 Å². The second-order valence-corrected chi connectivity index (χ2v) is 5.94. The normalized spacial score (nSPS) is 12.8. The van der Waals surface area contributed by atoms with Gasteiger partial charge in [-0.2, -0.15) is 0 Å². The number of thioether (sulfide) groups is 1. The zero-order chi connectivity index (χ0) is 14.9. The largest absolute Gasteiger partial charge is 0.329 e. The summed E-state index contributed by atoms with van der Waals surface area (Å²) in [4.78, 5) is 30.5. The molecule has 2 aromatic rings. The van der Waals surface area contributed by atoms with Crippen LogP contribution in [0.25, 0.3) is 11.2 Å². The standard InChI is InChI=1S/C13H18N4O2S/c1-5-7-17-9-10(14-13(17)20-8(3)6-2)16(4)12(19)15-11(9)18/h6,8H,2,5,7H2,1,3-4H3,(H,15,18,19)/t8-/m0/s1. The molecular weight excluding hydrogens is 276 g/mol. The van der Waals surface area contributed by atoms with Gasteiger partial charge in [0, 0.05) is 18.8 Å². The lowest BCUT2D eigenvalue weighted by molar-refractivity contribution is 0.636. The number of imidazole rings is 1. The van der Waals surface area contributed by atoms with Crippen molar-refractivity contribution in [3.05, 3.63) is 33.5 Å². The minimum atomic E-state index is -0.447. The van der Waals surface area contributed by atoms with Crippen LogP contribution in [0.5, 0.6) is 0 Å². The van der Waals surface area contributed by atoms with Crippen LogP contribution in [-0.2, 0) is 13.6 Å². The summed E-state index contributed by atoms with van der Waals surface area (Å²) in [5.74, 6) is 0. The molecule has 0 fully saturated rings. The molecule has 0 aliphatic carbocycles. The van der Waals surface area contributed by atoms with Gasteiger partial charge >= 0.3 is 5.69 Å². The molecule has 1 N–H and O–H groups in total. The van der Waals surface area contributed by atoms with Crippen LogP contribution in [0.3, 0.4) is 0 Å². The van der Waals surface area contributed by atoms with Gasteiger partial charge in [0.05, 0.1) is 0 Å². The molecule has 2 aromatic heterocycles. The molecule has 0 spiro atoms. The molecule has 0 aliphatic rings. The summed E-state index contributed by atoms with van der Waals surface area (Å²) in [5.41, 5.74) is 0.0396. The van der Waals surface area contributed by atoms with Crippen molar-refractivity contribution in [3.63, 3.8) is 0 Å². The highest BCUT2D eigenvalue weighted by Crippen LogP contribution is 2.25. The summed E-state index contributed by atoms with van der Waals surface area (Å²) >= 11 is 1.52. The molecule has 6 nitrogen and oxygen atoms in total. The third-order valence-corrected chi connectivity index (χ3v) is 4.13. The van der Waals surface area contributed by atoms with Crippen molar-refractivity contribution in [3.8, 4) is 0 Å². The zero-order valence-electron chi connectivity index (χ0n) is 11.8. The van der Waals surface area contributed by atoms with Crippen molar-refractivity contribution in [2.45, 2.75) is 37.2 Å². The predicted octanol–water partition coefficient (Wildman–Crippen LogP) is 1.50. The molecule has 0 saturated carbocycles. The Morgan fingerprint density at radius 3 is 2.80 bits per heavy atom. The molecule has 2 heterocycles. The molecule has 0 aromatic carbocycles. The Balaban J connectivity index is 2.75. The van der Waals surface area contributed by atoms with Crippen molar-refractivity contribution >= 4 is 22.9 Å². The molecule has 7 heteroatoms. The molecule has 0 radical (unpaired) electrons. The molecule has 20 heavy (non-hydrogen) atoms. The molecule has 0 aliphatic heterocycles. The highest BCUT2D eigenvalue weighted by Gasteiger charge is 2.18. The van der Waals surface area contributed by atoms with Gasteiger partial charge in [0.2, 0.25) is 0 Å². The number of H-pyrrole nitrogens is 1. The van der Waals surface area contributed by atoms with Gasteiger partial charge in [-0.25, -0.2) is 9.78 Å². The lowest BCUT2D eigenvalue weighted by atomic mass is 10.4. The molecule has 0 unspecified atom stereocenters. The Morgan fingerprint density at radius 1 is 1.50 bits per heavy atom. The highest BCUT2D eigenvalue weighted by atomic mass is 32.2. The van der Waals surface area contributed by atoms with Crippen LogP contribution in [0, 0.1) is 0 Å². The topological polar surface area (TPSA) is 72.7 Å². The van der Waals surface area contributed by atoms with E-state index in [0.29, 0.717) is 17.7 Å². The van der Waals surface area contributed by atoms with Crippen molar-refractivity contribution in [1.29, 1.82) is 0 Å². The van der Waals surface area contributed by atoms with E-state index >= 15 is 0 Å². The van der Waals surface area contributed by atoms with Crippen LogP contribution in [0.4, 0.5) is 0 Å². The van der Waals surface area contributed by atoms with Gasteiger partial charge in [-0.3, -0.25) is 14.3 Å². The third kappa shape index (κ3) is 2.45. The lowest BCUT2D eigenvalue weighted by Gasteiger charge is -2.08. The second kappa shape index (κ2) is 5.70. The third-order valence-electron chi connectivity index (χ3n) is 3.04. The summed E-state index contributed by atoms with van der Waals surface area (Å²) in [6.45, 7) is 8.48. The fraction of sp³-hybridized carbons (Fsp3) is 0.462. The number of aromatic amines is 1. The number of fused-ring (bicyclic) bond motifs is 1. The number of nitrogens with zero attached hydrogens (tertiary/aromatic N) is 3. The molecular formula is C13H18N4O2S. The van der Waals surface area contributed by atoms with Crippen LogP contribution < -0.4 is 11.2 Å². The van der Waals surface area contributed by atoms with E-state index in [1.807, 2.05) is 24.5 Å². The number of nitrogens with one attached hydrogen (secondary N) is 1. The fourth-order valence-corrected chi connectivity index (χ4v) is 2.83. The van der Waals surface area contributed by atoms with Gasteiger partial charge in [-0.15, -0.1) is 6.58 Å². The molecule has 0 bridgehead atoms. The molecule has 0 amide bonds. The first kappa shape index (κ1) is 14.6. The number of hydrogen-bond acceptors (Lipinski definition) is 4. The van der Waals surface area contributed by atoms with E-state index < -0.39 is 5.69 Å². The highest BCUT2D eigenvalue weighted by molar-refractivity contribution is 7.99. The van der Waals surface area contributed by atoms with E-state index in [1.54, 1.807) is 7.05 Å². The summed E-state index contributed by atoms with van der Waals surface area (Å²) in [6, 6.07) is 0. The maximum atomic E-state index is 12.1. The van der Waals surface area contributed by atoms with E-state index in [2.05, 4.69) is 16.5 Å². The lowest BCUT2D eigenvalue weighted by Crippen LogP contribution is -2.29. The smallest absolute Gasteiger partial charge is 0.313 e. The maximum absolute atomic E-state index is 12.1. The number of rotatable bonds is 5. The minimum absolute atomic E-state index is 0.179. The molecule has 0 saturated heterocycles. The van der Waals surface area contributed by atoms with Crippen molar-refractivity contribution < 1.29 is 0 Å². The van der Waals surface area contributed by atoms with Gasteiger partial charge in [0.15, 0.2) is 16.3 Å². The van der Waals surface area contributed by atoms with Crippen LogP contribution in [-0.4, -0.2) is 24.4 Å². The fourth-order valence-electron chi connectivity index (χ4n) is 1.95. The molecule has 108 valence electrons. The summed E-state index contributed by atoms with van der Waals surface area (Å²) in [5, 5.41) is 0.916.